The van der Waals surface area contributed by atoms with Crippen molar-refractivity contribution in [2.75, 3.05) is 7.11 Å². The molecule has 25 heavy (non-hydrogen) atoms. The summed E-state index contributed by atoms with van der Waals surface area (Å²) in [4.78, 5) is 12.5. The Morgan fingerprint density at radius 1 is 1.20 bits per heavy atom. The molecule has 0 radical (unpaired) electrons. The van der Waals surface area contributed by atoms with Gasteiger partial charge in [-0.3, -0.25) is 4.79 Å². The molecule has 0 fully saturated rings. The van der Waals surface area contributed by atoms with Gasteiger partial charge in [-0.1, -0.05) is 30.3 Å². The first-order chi connectivity index (χ1) is 12.0. The Bertz CT molecular complexity index is 865. The van der Waals surface area contributed by atoms with Gasteiger partial charge >= 0.3 is 0 Å². The van der Waals surface area contributed by atoms with E-state index in [1.165, 1.54) is 0 Å². The number of Topliss-reactive ketones (excluding diaryl/α,β-unsaturated/α-hetero) is 1. The lowest BCUT2D eigenvalue weighted by atomic mass is 9.90. The summed E-state index contributed by atoms with van der Waals surface area (Å²) in [6.07, 6.45) is 0. The standard InChI is InChI=1S/C19H17IN2O2S/c1-11(23)16-17(12-6-4-3-5-7-12)21-19(25)22-18(16)14-10-13(20)8-9-15(14)24-2/h3-10,18H,1-2H3,(H2,21,22,25)/t18-/m1/s1. The zero-order valence-corrected chi connectivity index (χ0v) is 16.8. The van der Waals surface area contributed by atoms with Crippen LogP contribution in [0.3, 0.4) is 0 Å². The molecule has 0 aliphatic carbocycles. The van der Waals surface area contributed by atoms with Crippen molar-refractivity contribution in [1.29, 1.82) is 0 Å². The number of halogens is 1. The van der Waals surface area contributed by atoms with E-state index in [-0.39, 0.29) is 11.8 Å². The quantitative estimate of drug-likeness (QED) is 0.533. The zero-order valence-electron chi connectivity index (χ0n) is 13.8. The van der Waals surface area contributed by atoms with Gasteiger partial charge in [0, 0.05) is 14.7 Å². The minimum Gasteiger partial charge on any atom is -0.496 e. The molecule has 0 bridgehead atoms. The van der Waals surface area contributed by atoms with Gasteiger partial charge in [-0.15, -0.1) is 0 Å². The molecule has 0 saturated heterocycles. The second-order valence-electron chi connectivity index (χ2n) is 5.63. The minimum absolute atomic E-state index is 0.0210. The second kappa shape index (κ2) is 7.53. The van der Waals surface area contributed by atoms with E-state index in [4.69, 9.17) is 17.0 Å². The molecule has 4 nitrogen and oxygen atoms in total. The number of thiocarbonyl (C=S) groups is 1. The second-order valence-corrected chi connectivity index (χ2v) is 7.28. The van der Waals surface area contributed by atoms with Gasteiger partial charge < -0.3 is 15.4 Å². The lowest BCUT2D eigenvalue weighted by Gasteiger charge is -2.32. The first-order valence-electron chi connectivity index (χ1n) is 7.72. The summed E-state index contributed by atoms with van der Waals surface area (Å²) in [6.45, 7) is 1.57. The van der Waals surface area contributed by atoms with E-state index in [2.05, 4.69) is 33.2 Å². The Balaban J connectivity index is 2.23. The Labute approximate surface area is 165 Å². The van der Waals surface area contributed by atoms with Crippen LogP contribution in [0.25, 0.3) is 5.70 Å². The third-order valence-electron chi connectivity index (χ3n) is 4.02. The van der Waals surface area contributed by atoms with Gasteiger partial charge in [0.1, 0.15) is 5.75 Å². The van der Waals surface area contributed by atoms with E-state index in [0.29, 0.717) is 16.4 Å². The molecule has 1 heterocycles. The molecule has 0 aromatic heterocycles. The van der Waals surface area contributed by atoms with Crippen molar-refractivity contribution in [2.24, 2.45) is 0 Å². The molecule has 1 atom stereocenters. The van der Waals surface area contributed by atoms with E-state index >= 15 is 0 Å². The zero-order chi connectivity index (χ0) is 18.0. The van der Waals surface area contributed by atoms with Gasteiger partial charge in [0.05, 0.1) is 18.8 Å². The van der Waals surface area contributed by atoms with E-state index < -0.39 is 0 Å². The van der Waals surface area contributed by atoms with Crippen molar-refractivity contribution >= 4 is 51.4 Å². The van der Waals surface area contributed by atoms with Crippen LogP contribution in [0, 0.1) is 3.57 Å². The van der Waals surface area contributed by atoms with Gasteiger partial charge in [0.25, 0.3) is 0 Å². The molecular formula is C19H17IN2O2S. The summed E-state index contributed by atoms with van der Waals surface area (Å²) < 4.78 is 6.58. The average Bonchev–Trinajstić information content (AvgIpc) is 2.61. The number of ether oxygens (including phenoxy) is 1. The molecule has 0 saturated carbocycles. The highest BCUT2D eigenvalue weighted by Gasteiger charge is 2.32. The number of rotatable bonds is 4. The van der Waals surface area contributed by atoms with Crippen molar-refractivity contribution in [1.82, 2.24) is 10.6 Å². The number of carbonyl (C=O) groups is 1. The first kappa shape index (κ1) is 17.9. The average molecular weight is 464 g/mol. The van der Waals surface area contributed by atoms with Crippen LogP contribution in [0.15, 0.2) is 54.1 Å². The normalized spacial score (nSPS) is 16.9. The van der Waals surface area contributed by atoms with Crippen molar-refractivity contribution in [3.63, 3.8) is 0 Å². The summed E-state index contributed by atoms with van der Waals surface area (Å²) in [7, 11) is 1.63. The number of hydrogen-bond acceptors (Lipinski definition) is 3. The Kier molecular flexibility index (Phi) is 5.39. The van der Waals surface area contributed by atoms with Crippen LogP contribution in [0.5, 0.6) is 5.75 Å². The number of carbonyl (C=O) groups excluding carboxylic acids is 1. The molecule has 0 spiro atoms. The van der Waals surface area contributed by atoms with E-state index in [0.717, 1.165) is 20.4 Å². The monoisotopic (exact) mass is 464 g/mol. The van der Waals surface area contributed by atoms with Crippen LogP contribution in [0.4, 0.5) is 0 Å². The summed E-state index contributed by atoms with van der Waals surface area (Å²) in [5.41, 5.74) is 3.19. The first-order valence-corrected chi connectivity index (χ1v) is 9.21. The Hall–Kier alpha value is -1.93. The molecule has 1 aliphatic heterocycles. The van der Waals surface area contributed by atoms with Gasteiger partial charge in [-0.2, -0.15) is 0 Å². The number of ketones is 1. The molecule has 0 amide bonds. The fourth-order valence-electron chi connectivity index (χ4n) is 2.94. The van der Waals surface area contributed by atoms with Crippen molar-refractivity contribution in [2.45, 2.75) is 13.0 Å². The minimum atomic E-state index is -0.369. The van der Waals surface area contributed by atoms with Gasteiger partial charge in [-0.05, 0) is 65.5 Å². The Morgan fingerprint density at radius 2 is 1.92 bits per heavy atom. The molecule has 3 rings (SSSR count). The topological polar surface area (TPSA) is 50.4 Å². The molecule has 2 aromatic rings. The van der Waals surface area contributed by atoms with Crippen molar-refractivity contribution in [3.8, 4) is 5.75 Å². The van der Waals surface area contributed by atoms with Crippen molar-refractivity contribution < 1.29 is 9.53 Å². The van der Waals surface area contributed by atoms with Crippen LogP contribution in [-0.2, 0) is 4.79 Å². The van der Waals surface area contributed by atoms with Crippen LogP contribution < -0.4 is 15.4 Å². The molecule has 1 aliphatic rings. The summed E-state index contributed by atoms with van der Waals surface area (Å²) in [5.74, 6) is 0.695. The molecule has 128 valence electrons. The van der Waals surface area contributed by atoms with Crippen LogP contribution in [0.2, 0.25) is 0 Å². The summed E-state index contributed by atoms with van der Waals surface area (Å²) in [6, 6.07) is 15.3. The summed E-state index contributed by atoms with van der Waals surface area (Å²) >= 11 is 7.65. The SMILES string of the molecule is COc1ccc(I)cc1[C@H]1NC(=S)NC(c2ccccc2)=C1C(C)=O. The number of nitrogens with one attached hydrogen (secondary N) is 2. The van der Waals surface area contributed by atoms with E-state index in [9.17, 15) is 4.79 Å². The van der Waals surface area contributed by atoms with Crippen molar-refractivity contribution in [3.05, 3.63) is 68.8 Å². The lowest BCUT2D eigenvalue weighted by molar-refractivity contribution is -0.113. The summed E-state index contributed by atoms with van der Waals surface area (Å²) in [5, 5.41) is 6.86. The molecular weight excluding hydrogens is 447 g/mol. The van der Waals surface area contributed by atoms with Crippen LogP contribution in [0.1, 0.15) is 24.1 Å². The molecule has 0 unspecified atom stereocenters. The fourth-order valence-corrected chi connectivity index (χ4v) is 3.68. The Morgan fingerprint density at radius 3 is 2.56 bits per heavy atom. The highest BCUT2D eigenvalue weighted by Crippen LogP contribution is 2.36. The predicted molar refractivity (Wildman–Crippen MR) is 111 cm³/mol. The number of hydrogen-bond donors (Lipinski definition) is 2. The third-order valence-corrected chi connectivity index (χ3v) is 4.91. The molecule has 2 aromatic carbocycles. The smallest absolute Gasteiger partial charge is 0.171 e. The lowest BCUT2D eigenvalue weighted by Crippen LogP contribution is -2.44. The highest BCUT2D eigenvalue weighted by atomic mass is 127. The van der Waals surface area contributed by atoms with E-state index in [1.54, 1.807) is 14.0 Å². The molecule has 2 N–H and O–H groups in total. The number of methoxy groups -OCH3 is 1. The van der Waals surface area contributed by atoms with Gasteiger partial charge in [0.2, 0.25) is 0 Å². The van der Waals surface area contributed by atoms with E-state index in [1.807, 2.05) is 48.5 Å². The van der Waals surface area contributed by atoms with Crippen LogP contribution >= 0.6 is 34.8 Å². The van der Waals surface area contributed by atoms with Crippen LogP contribution in [-0.4, -0.2) is 18.0 Å². The highest BCUT2D eigenvalue weighted by molar-refractivity contribution is 14.1. The fraction of sp³-hybridized carbons (Fsp3) is 0.158. The number of benzene rings is 2. The third kappa shape index (κ3) is 3.69. The predicted octanol–water partition coefficient (Wildman–Crippen LogP) is 3.82. The largest absolute Gasteiger partial charge is 0.496 e. The maximum Gasteiger partial charge on any atom is 0.171 e. The maximum atomic E-state index is 12.5. The van der Waals surface area contributed by atoms with Gasteiger partial charge in [-0.25, -0.2) is 0 Å². The molecule has 6 heteroatoms. The van der Waals surface area contributed by atoms with Gasteiger partial charge in [0.15, 0.2) is 10.9 Å². The maximum absolute atomic E-state index is 12.5.